The van der Waals surface area contributed by atoms with Gasteiger partial charge in [-0.1, -0.05) is 43.6 Å². The summed E-state index contributed by atoms with van der Waals surface area (Å²) in [5.74, 6) is -0.822. The van der Waals surface area contributed by atoms with Gasteiger partial charge in [0, 0.05) is 16.7 Å². The molecule has 160 valence electrons. The number of hydrogen-bond acceptors (Lipinski definition) is 4. The summed E-state index contributed by atoms with van der Waals surface area (Å²) in [6.07, 6.45) is 2.85. The highest BCUT2D eigenvalue weighted by Crippen LogP contribution is 2.37. The molecule has 1 atom stereocenters. The predicted molar refractivity (Wildman–Crippen MR) is 120 cm³/mol. The van der Waals surface area contributed by atoms with Crippen LogP contribution >= 0.6 is 27.5 Å². The van der Waals surface area contributed by atoms with E-state index in [1.54, 1.807) is 38.1 Å². The van der Waals surface area contributed by atoms with Gasteiger partial charge in [0.25, 0.3) is 0 Å². The Balaban J connectivity index is 2.14. The molecule has 0 radical (unpaired) electrons. The number of halogens is 2. The fourth-order valence-corrected chi connectivity index (χ4v) is 3.39. The number of nitrogens with one attached hydrogen (secondary N) is 1. The van der Waals surface area contributed by atoms with Gasteiger partial charge < -0.3 is 19.9 Å². The van der Waals surface area contributed by atoms with Gasteiger partial charge >= 0.3 is 5.97 Å². The third-order valence-electron chi connectivity index (χ3n) is 4.24. The Labute approximate surface area is 189 Å². The van der Waals surface area contributed by atoms with Gasteiger partial charge in [0.15, 0.2) is 11.5 Å². The van der Waals surface area contributed by atoms with E-state index in [-0.39, 0.29) is 12.5 Å². The predicted octanol–water partition coefficient (Wildman–Crippen LogP) is 4.93. The van der Waals surface area contributed by atoms with E-state index in [0.717, 1.165) is 5.56 Å². The number of hydrogen-bond donors (Lipinski definition) is 2. The molecular weight excluding hydrogens is 474 g/mol. The number of rotatable bonds is 9. The summed E-state index contributed by atoms with van der Waals surface area (Å²) >= 11 is 9.63. The zero-order valence-electron chi connectivity index (χ0n) is 16.8. The number of carboxylic acid groups (broad SMARTS) is 1. The van der Waals surface area contributed by atoms with Crippen LogP contribution in [0.2, 0.25) is 5.02 Å². The Kier molecular flexibility index (Phi) is 8.74. The lowest BCUT2D eigenvalue weighted by Crippen LogP contribution is -2.43. The van der Waals surface area contributed by atoms with E-state index in [2.05, 4.69) is 21.2 Å². The molecule has 2 aromatic rings. The van der Waals surface area contributed by atoms with Gasteiger partial charge in [0.05, 0.1) is 11.6 Å². The van der Waals surface area contributed by atoms with Crippen molar-refractivity contribution in [3.63, 3.8) is 0 Å². The molecule has 6 nitrogen and oxygen atoms in total. The number of ether oxygens (including phenoxy) is 2. The van der Waals surface area contributed by atoms with E-state index >= 15 is 0 Å². The van der Waals surface area contributed by atoms with Crippen molar-refractivity contribution in [1.29, 1.82) is 0 Å². The van der Waals surface area contributed by atoms with Crippen LogP contribution in [0.15, 0.2) is 46.9 Å². The molecule has 1 unspecified atom stereocenters. The first-order valence-corrected chi connectivity index (χ1v) is 10.3. The molecule has 0 bridgehead atoms. The molecule has 0 saturated carbocycles. The number of carboxylic acids is 1. The second kappa shape index (κ2) is 11.0. The van der Waals surface area contributed by atoms with Gasteiger partial charge in [-0.3, -0.25) is 4.79 Å². The lowest BCUT2D eigenvalue weighted by molar-refractivity contribution is -0.142. The minimum Gasteiger partial charge on any atom is -0.493 e. The van der Waals surface area contributed by atoms with Gasteiger partial charge in [-0.25, -0.2) is 4.79 Å². The Bertz CT molecular complexity index is 945. The van der Waals surface area contributed by atoms with Crippen molar-refractivity contribution < 1.29 is 24.2 Å². The third-order valence-corrected chi connectivity index (χ3v) is 5.20. The van der Waals surface area contributed by atoms with Crippen molar-refractivity contribution in [2.24, 2.45) is 5.92 Å². The summed E-state index contributed by atoms with van der Waals surface area (Å²) in [6.45, 7) is 3.72. The molecule has 0 aliphatic heterocycles. The lowest BCUT2D eigenvalue weighted by atomic mass is 10.0. The van der Waals surface area contributed by atoms with Crippen LogP contribution in [0.25, 0.3) is 6.08 Å². The Morgan fingerprint density at radius 2 is 1.97 bits per heavy atom. The zero-order valence-corrected chi connectivity index (χ0v) is 19.2. The molecule has 30 heavy (non-hydrogen) atoms. The highest BCUT2D eigenvalue weighted by atomic mass is 79.9. The molecule has 2 aromatic carbocycles. The normalized spacial score (nSPS) is 12.1. The molecule has 0 saturated heterocycles. The van der Waals surface area contributed by atoms with E-state index in [4.69, 9.17) is 21.1 Å². The number of carbonyl (C=O) groups excluding carboxylic acids is 1. The standard InChI is InChI=1S/C22H23BrClNO5/c1-13(2)20(22(27)28)25-19(26)9-8-14-10-16(23)21(18(11-14)29-3)30-12-15-6-4-5-7-17(15)24/h4-11,13,20H,12H2,1-3H3,(H,25,26)(H,27,28)/b9-8+. The topological polar surface area (TPSA) is 84.9 Å². The Morgan fingerprint density at radius 1 is 1.27 bits per heavy atom. The van der Waals surface area contributed by atoms with Gasteiger partial charge in [-0.15, -0.1) is 0 Å². The second-order valence-corrected chi connectivity index (χ2v) is 8.08. The molecule has 0 aliphatic carbocycles. The van der Waals surface area contributed by atoms with E-state index in [9.17, 15) is 14.7 Å². The average Bonchev–Trinajstić information content (AvgIpc) is 2.69. The number of carbonyl (C=O) groups is 2. The number of methoxy groups -OCH3 is 1. The van der Waals surface area contributed by atoms with Crippen molar-refractivity contribution in [1.82, 2.24) is 5.32 Å². The fourth-order valence-electron chi connectivity index (χ4n) is 2.63. The maximum atomic E-state index is 12.1. The molecule has 0 aromatic heterocycles. The molecule has 8 heteroatoms. The molecule has 0 spiro atoms. The molecule has 0 fully saturated rings. The minimum atomic E-state index is -1.07. The number of amides is 1. The van der Waals surface area contributed by atoms with Gasteiger partial charge in [-0.2, -0.15) is 0 Å². The van der Waals surface area contributed by atoms with Crippen molar-refractivity contribution in [2.75, 3.05) is 7.11 Å². The monoisotopic (exact) mass is 495 g/mol. The minimum absolute atomic E-state index is 0.233. The Hall–Kier alpha value is -2.51. The van der Waals surface area contributed by atoms with Gasteiger partial charge in [-0.05, 0) is 51.7 Å². The zero-order chi connectivity index (χ0) is 22.3. The second-order valence-electron chi connectivity index (χ2n) is 6.82. The summed E-state index contributed by atoms with van der Waals surface area (Å²) in [4.78, 5) is 23.3. The van der Waals surface area contributed by atoms with Crippen LogP contribution < -0.4 is 14.8 Å². The quantitative estimate of drug-likeness (QED) is 0.481. The van der Waals surface area contributed by atoms with E-state index in [0.29, 0.717) is 26.6 Å². The number of aliphatic carboxylic acids is 1. The van der Waals surface area contributed by atoms with Crippen LogP contribution in [-0.4, -0.2) is 30.1 Å². The molecule has 0 heterocycles. The summed E-state index contributed by atoms with van der Waals surface area (Å²) < 4.78 is 11.9. The molecule has 0 aliphatic rings. The maximum Gasteiger partial charge on any atom is 0.326 e. The first kappa shape index (κ1) is 23.8. The SMILES string of the molecule is COc1cc(/C=C/C(=O)NC(C(=O)O)C(C)C)cc(Br)c1OCc1ccccc1Cl. The van der Waals surface area contributed by atoms with Crippen LogP contribution in [0.4, 0.5) is 0 Å². The van der Waals surface area contributed by atoms with Crippen molar-refractivity contribution in [2.45, 2.75) is 26.5 Å². The molecule has 2 N–H and O–H groups in total. The number of benzene rings is 2. The van der Waals surface area contributed by atoms with E-state index in [1.165, 1.54) is 13.2 Å². The van der Waals surface area contributed by atoms with Crippen molar-refractivity contribution in [3.05, 3.63) is 63.1 Å². The Morgan fingerprint density at radius 3 is 2.57 bits per heavy atom. The van der Waals surface area contributed by atoms with Gasteiger partial charge in [0.2, 0.25) is 5.91 Å². The third kappa shape index (κ3) is 6.50. The largest absolute Gasteiger partial charge is 0.493 e. The van der Waals surface area contributed by atoms with Gasteiger partial charge in [0.1, 0.15) is 12.6 Å². The van der Waals surface area contributed by atoms with E-state index < -0.39 is 17.9 Å². The summed E-state index contributed by atoms with van der Waals surface area (Å²) in [6, 6.07) is 9.92. The maximum absolute atomic E-state index is 12.1. The fraction of sp³-hybridized carbons (Fsp3) is 0.273. The first-order chi connectivity index (χ1) is 14.2. The molecule has 2 rings (SSSR count). The van der Waals surface area contributed by atoms with Crippen LogP contribution in [-0.2, 0) is 16.2 Å². The first-order valence-electron chi connectivity index (χ1n) is 9.18. The van der Waals surface area contributed by atoms with Crippen LogP contribution in [0.1, 0.15) is 25.0 Å². The smallest absolute Gasteiger partial charge is 0.326 e. The van der Waals surface area contributed by atoms with E-state index in [1.807, 2.05) is 18.2 Å². The van der Waals surface area contributed by atoms with Crippen molar-refractivity contribution in [3.8, 4) is 11.5 Å². The van der Waals surface area contributed by atoms with Crippen LogP contribution in [0.3, 0.4) is 0 Å². The highest BCUT2D eigenvalue weighted by molar-refractivity contribution is 9.10. The van der Waals surface area contributed by atoms with Crippen LogP contribution in [0.5, 0.6) is 11.5 Å². The average molecular weight is 497 g/mol. The summed E-state index contributed by atoms with van der Waals surface area (Å²) in [5, 5.41) is 12.3. The summed E-state index contributed by atoms with van der Waals surface area (Å²) in [5.41, 5.74) is 1.52. The molecule has 1 amide bonds. The highest BCUT2D eigenvalue weighted by Gasteiger charge is 2.22. The molecular formula is C22H23BrClNO5. The van der Waals surface area contributed by atoms with Crippen LogP contribution in [0, 0.1) is 5.92 Å². The summed E-state index contributed by atoms with van der Waals surface area (Å²) in [7, 11) is 1.52. The van der Waals surface area contributed by atoms with Crippen molar-refractivity contribution >= 4 is 45.5 Å². The lowest BCUT2D eigenvalue weighted by Gasteiger charge is -2.16.